The van der Waals surface area contributed by atoms with Gasteiger partial charge < -0.3 is 10.2 Å². The molecule has 1 aromatic carbocycles. The summed E-state index contributed by atoms with van der Waals surface area (Å²) in [5.74, 6) is 0.758. The van der Waals surface area contributed by atoms with Crippen LogP contribution in [0.2, 0.25) is 0 Å². The molecular formula is C17H22N2O. The fourth-order valence-electron chi connectivity index (χ4n) is 2.85. The average molecular weight is 270 g/mol. The highest BCUT2D eigenvalue weighted by Crippen LogP contribution is 2.44. The van der Waals surface area contributed by atoms with Gasteiger partial charge in [-0.05, 0) is 60.6 Å². The highest BCUT2D eigenvalue weighted by Gasteiger charge is 2.28. The van der Waals surface area contributed by atoms with Crippen LogP contribution in [0.15, 0.2) is 24.3 Å². The average Bonchev–Trinajstić information content (AvgIpc) is 3.31. The van der Waals surface area contributed by atoms with Crippen molar-refractivity contribution >= 4 is 11.5 Å². The van der Waals surface area contributed by atoms with Gasteiger partial charge in [0.2, 0.25) is 0 Å². The third kappa shape index (κ3) is 2.63. The molecule has 1 fully saturated rings. The molecule has 1 N–H and O–H groups in total. The van der Waals surface area contributed by atoms with Gasteiger partial charge in [0.05, 0.1) is 0 Å². The molecule has 0 unspecified atom stereocenters. The van der Waals surface area contributed by atoms with Crippen molar-refractivity contribution in [2.24, 2.45) is 0 Å². The molecule has 0 spiro atoms. The standard InChI is InChI=1S/C17H22N2O/c1-19(2)17(20)14-5-6-15(13-7-9-18-10-8-13)16(11-14)12-3-4-12/h5-7,11-12,18H,3-4,8-10H2,1-2H3. The van der Waals surface area contributed by atoms with Crippen LogP contribution in [0.3, 0.4) is 0 Å². The topological polar surface area (TPSA) is 32.3 Å². The van der Waals surface area contributed by atoms with Crippen molar-refractivity contribution in [2.45, 2.75) is 25.2 Å². The molecule has 0 atom stereocenters. The van der Waals surface area contributed by atoms with Crippen LogP contribution in [0.5, 0.6) is 0 Å². The largest absolute Gasteiger partial charge is 0.345 e. The molecule has 1 aliphatic carbocycles. The highest BCUT2D eigenvalue weighted by atomic mass is 16.2. The molecule has 0 saturated heterocycles. The predicted molar refractivity (Wildman–Crippen MR) is 81.9 cm³/mol. The fourth-order valence-corrected chi connectivity index (χ4v) is 2.85. The molecule has 0 radical (unpaired) electrons. The molecule has 1 heterocycles. The van der Waals surface area contributed by atoms with Crippen molar-refractivity contribution in [1.29, 1.82) is 0 Å². The van der Waals surface area contributed by atoms with Gasteiger partial charge in [-0.3, -0.25) is 4.79 Å². The zero-order valence-corrected chi connectivity index (χ0v) is 12.3. The zero-order valence-electron chi connectivity index (χ0n) is 12.3. The first-order valence-corrected chi connectivity index (χ1v) is 7.42. The Morgan fingerprint density at radius 1 is 1.30 bits per heavy atom. The maximum absolute atomic E-state index is 12.1. The van der Waals surface area contributed by atoms with Crippen molar-refractivity contribution in [1.82, 2.24) is 10.2 Å². The summed E-state index contributed by atoms with van der Waals surface area (Å²) >= 11 is 0. The molecular weight excluding hydrogens is 248 g/mol. The number of benzene rings is 1. The van der Waals surface area contributed by atoms with E-state index in [9.17, 15) is 4.79 Å². The maximum Gasteiger partial charge on any atom is 0.253 e. The first kappa shape index (κ1) is 13.4. The Kier molecular flexibility index (Phi) is 3.62. The van der Waals surface area contributed by atoms with Gasteiger partial charge in [-0.1, -0.05) is 12.1 Å². The van der Waals surface area contributed by atoms with Crippen LogP contribution in [0.4, 0.5) is 0 Å². The van der Waals surface area contributed by atoms with Crippen molar-refractivity contribution in [3.05, 3.63) is 41.0 Å². The van der Waals surface area contributed by atoms with E-state index in [0.717, 1.165) is 25.1 Å². The lowest BCUT2D eigenvalue weighted by Crippen LogP contribution is -2.22. The molecule has 3 nitrogen and oxygen atoms in total. The van der Waals surface area contributed by atoms with Gasteiger partial charge in [0.1, 0.15) is 0 Å². The molecule has 20 heavy (non-hydrogen) atoms. The quantitative estimate of drug-likeness (QED) is 0.915. The van der Waals surface area contributed by atoms with E-state index in [-0.39, 0.29) is 5.91 Å². The van der Waals surface area contributed by atoms with Gasteiger partial charge in [-0.25, -0.2) is 0 Å². The van der Waals surface area contributed by atoms with E-state index in [1.165, 1.54) is 29.5 Å². The lowest BCUT2D eigenvalue weighted by molar-refractivity contribution is 0.0827. The Morgan fingerprint density at radius 3 is 2.70 bits per heavy atom. The number of rotatable bonds is 3. The van der Waals surface area contributed by atoms with Crippen molar-refractivity contribution in [3.8, 4) is 0 Å². The van der Waals surface area contributed by atoms with Crippen molar-refractivity contribution in [2.75, 3.05) is 27.2 Å². The summed E-state index contributed by atoms with van der Waals surface area (Å²) in [7, 11) is 3.62. The van der Waals surface area contributed by atoms with E-state index < -0.39 is 0 Å². The van der Waals surface area contributed by atoms with Gasteiger partial charge in [0.15, 0.2) is 0 Å². The molecule has 1 amide bonds. The molecule has 3 rings (SSSR count). The molecule has 2 aliphatic rings. The second-order valence-corrected chi connectivity index (χ2v) is 5.96. The van der Waals surface area contributed by atoms with Crippen molar-refractivity contribution < 1.29 is 4.79 Å². The number of amides is 1. The first-order chi connectivity index (χ1) is 9.66. The monoisotopic (exact) mass is 270 g/mol. The van der Waals surface area contributed by atoms with Crippen LogP contribution in [-0.2, 0) is 0 Å². The minimum Gasteiger partial charge on any atom is -0.345 e. The molecule has 1 aliphatic heterocycles. The second kappa shape index (κ2) is 5.41. The van der Waals surface area contributed by atoms with E-state index in [4.69, 9.17) is 0 Å². The summed E-state index contributed by atoms with van der Waals surface area (Å²) in [5, 5.41) is 3.36. The third-order valence-corrected chi connectivity index (χ3v) is 4.13. The smallest absolute Gasteiger partial charge is 0.253 e. The number of nitrogens with one attached hydrogen (secondary N) is 1. The van der Waals surface area contributed by atoms with E-state index in [2.05, 4.69) is 23.5 Å². The molecule has 3 heteroatoms. The number of carbonyl (C=O) groups is 1. The Balaban J connectivity index is 1.98. The Hall–Kier alpha value is -1.61. The van der Waals surface area contributed by atoms with Gasteiger partial charge in [-0.15, -0.1) is 0 Å². The molecule has 106 valence electrons. The predicted octanol–water partition coefficient (Wildman–Crippen LogP) is 2.64. The second-order valence-electron chi connectivity index (χ2n) is 5.96. The van der Waals surface area contributed by atoms with Crippen LogP contribution in [0.25, 0.3) is 5.57 Å². The van der Waals surface area contributed by atoms with Gasteiger partial charge in [0.25, 0.3) is 5.91 Å². The number of hydrogen-bond donors (Lipinski definition) is 1. The summed E-state index contributed by atoms with van der Waals surface area (Å²) in [6.45, 7) is 2.01. The van der Waals surface area contributed by atoms with E-state index >= 15 is 0 Å². The molecule has 0 bridgehead atoms. The van der Waals surface area contributed by atoms with Gasteiger partial charge in [0, 0.05) is 26.2 Å². The van der Waals surface area contributed by atoms with Crippen LogP contribution in [0, 0.1) is 0 Å². The summed E-state index contributed by atoms with van der Waals surface area (Å²) in [6.07, 6.45) is 5.90. The van der Waals surface area contributed by atoms with Gasteiger partial charge in [-0.2, -0.15) is 0 Å². The zero-order chi connectivity index (χ0) is 14.1. The summed E-state index contributed by atoms with van der Waals surface area (Å²) < 4.78 is 0. The molecule has 1 aromatic rings. The SMILES string of the molecule is CN(C)C(=O)c1ccc(C2=CCNCC2)c(C2CC2)c1. The lowest BCUT2D eigenvalue weighted by Gasteiger charge is -2.19. The Morgan fingerprint density at radius 2 is 2.10 bits per heavy atom. The van der Waals surface area contributed by atoms with Gasteiger partial charge >= 0.3 is 0 Å². The lowest BCUT2D eigenvalue weighted by atomic mass is 9.91. The number of carbonyl (C=O) groups excluding carboxylic acids is 1. The third-order valence-electron chi connectivity index (χ3n) is 4.13. The molecule has 0 aromatic heterocycles. The van der Waals surface area contributed by atoms with Crippen LogP contribution >= 0.6 is 0 Å². The van der Waals surface area contributed by atoms with Crippen LogP contribution < -0.4 is 5.32 Å². The maximum atomic E-state index is 12.1. The fraction of sp³-hybridized carbons (Fsp3) is 0.471. The number of hydrogen-bond acceptors (Lipinski definition) is 2. The van der Waals surface area contributed by atoms with E-state index in [1.54, 1.807) is 4.90 Å². The van der Waals surface area contributed by atoms with Crippen LogP contribution in [-0.4, -0.2) is 38.0 Å². The van der Waals surface area contributed by atoms with Crippen molar-refractivity contribution in [3.63, 3.8) is 0 Å². The summed E-state index contributed by atoms with van der Waals surface area (Å²) in [6, 6.07) is 6.26. The Labute approximate surface area is 120 Å². The minimum atomic E-state index is 0.0951. The molecule has 1 saturated carbocycles. The normalized spacial score (nSPS) is 18.6. The summed E-state index contributed by atoms with van der Waals surface area (Å²) in [5.41, 5.74) is 5.00. The number of nitrogens with zero attached hydrogens (tertiary/aromatic N) is 1. The highest BCUT2D eigenvalue weighted by molar-refractivity contribution is 5.94. The van der Waals surface area contributed by atoms with Crippen LogP contribution in [0.1, 0.15) is 46.7 Å². The van der Waals surface area contributed by atoms with E-state index in [0.29, 0.717) is 5.92 Å². The van der Waals surface area contributed by atoms with E-state index in [1.807, 2.05) is 20.2 Å². The minimum absolute atomic E-state index is 0.0951. The summed E-state index contributed by atoms with van der Waals surface area (Å²) in [4.78, 5) is 13.8. The first-order valence-electron chi connectivity index (χ1n) is 7.42. The Bertz CT molecular complexity index is 556.